The first-order chi connectivity index (χ1) is 10.7. The highest BCUT2D eigenvalue weighted by Crippen LogP contribution is 2.39. The summed E-state index contributed by atoms with van der Waals surface area (Å²) < 4.78 is 2.00. The molecule has 0 atom stereocenters. The summed E-state index contributed by atoms with van der Waals surface area (Å²) in [5.74, 6) is -0.00473. The summed E-state index contributed by atoms with van der Waals surface area (Å²) in [6, 6.07) is 3.80. The van der Waals surface area contributed by atoms with Crippen LogP contribution < -0.4 is 16.2 Å². The van der Waals surface area contributed by atoms with Crippen LogP contribution in [-0.2, 0) is 17.8 Å². The van der Waals surface area contributed by atoms with Gasteiger partial charge in [-0.25, -0.2) is 5.43 Å². The molecule has 22 heavy (non-hydrogen) atoms. The first-order valence-corrected chi connectivity index (χ1v) is 7.86. The Bertz CT molecular complexity index is 825. The normalized spacial score (nSPS) is 17.7. The van der Waals surface area contributed by atoms with Gasteiger partial charge in [0.05, 0.1) is 15.6 Å². The van der Waals surface area contributed by atoms with Crippen LogP contribution in [0.3, 0.4) is 0 Å². The fourth-order valence-corrected chi connectivity index (χ4v) is 3.66. The predicted octanol–water partition coefficient (Wildman–Crippen LogP) is 2.07. The minimum atomic E-state index is -0.00473. The molecule has 0 radical (unpaired) electrons. The lowest BCUT2D eigenvalue weighted by Crippen LogP contribution is -2.25. The van der Waals surface area contributed by atoms with E-state index < -0.39 is 0 Å². The van der Waals surface area contributed by atoms with Crippen molar-refractivity contribution >= 4 is 45.6 Å². The van der Waals surface area contributed by atoms with E-state index in [9.17, 15) is 4.79 Å². The van der Waals surface area contributed by atoms with Crippen molar-refractivity contribution in [1.82, 2.24) is 20.7 Å². The number of carbonyl (C=O) groups excluding carboxylic acids is 1. The molecule has 0 fully saturated rings. The number of hydrogen-bond donors (Lipinski definition) is 3. The first kappa shape index (κ1) is 13.9. The van der Waals surface area contributed by atoms with Gasteiger partial charge in [-0.05, 0) is 11.6 Å². The number of rotatable bonds is 1. The third kappa shape index (κ3) is 2.00. The highest BCUT2D eigenvalue weighted by atomic mass is 35.5. The first-order valence-electron chi connectivity index (χ1n) is 7.10. The molecule has 5 nitrogen and oxygen atoms in total. The topological polar surface area (TPSA) is 58.1 Å². The Balaban J connectivity index is 2.08. The fourth-order valence-electron chi connectivity index (χ4n) is 3.24. The van der Waals surface area contributed by atoms with E-state index in [-0.39, 0.29) is 12.5 Å². The van der Waals surface area contributed by atoms with Gasteiger partial charge in [-0.2, -0.15) is 0 Å². The van der Waals surface area contributed by atoms with Crippen molar-refractivity contribution in [2.75, 3.05) is 13.1 Å². The van der Waals surface area contributed by atoms with E-state index in [4.69, 9.17) is 23.2 Å². The maximum Gasteiger partial charge on any atom is 0.239 e. The van der Waals surface area contributed by atoms with Gasteiger partial charge in [-0.15, -0.1) is 0 Å². The van der Waals surface area contributed by atoms with E-state index in [0.717, 1.165) is 40.7 Å². The van der Waals surface area contributed by atoms with Crippen molar-refractivity contribution in [1.29, 1.82) is 0 Å². The van der Waals surface area contributed by atoms with Gasteiger partial charge < -0.3 is 15.3 Å². The van der Waals surface area contributed by atoms with Gasteiger partial charge in [0, 0.05) is 42.4 Å². The number of hydrogen-bond acceptors (Lipinski definition) is 3. The van der Waals surface area contributed by atoms with Crippen LogP contribution in [0.2, 0.25) is 10.0 Å². The molecule has 0 bridgehead atoms. The minimum Gasteiger partial charge on any atom is -0.354 e. The summed E-state index contributed by atoms with van der Waals surface area (Å²) >= 11 is 12.6. The number of benzene rings is 1. The van der Waals surface area contributed by atoms with Gasteiger partial charge in [0.1, 0.15) is 6.54 Å². The lowest BCUT2D eigenvalue weighted by Gasteiger charge is -2.07. The summed E-state index contributed by atoms with van der Waals surface area (Å²) in [6.45, 7) is 1.62. The Morgan fingerprint density at radius 3 is 2.86 bits per heavy atom. The molecular weight excluding hydrogens is 323 g/mol. The molecule has 114 valence electrons. The van der Waals surface area contributed by atoms with Gasteiger partial charge in [0.2, 0.25) is 5.91 Å². The zero-order valence-corrected chi connectivity index (χ0v) is 13.2. The lowest BCUT2D eigenvalue weighted by atomic mass is 10.0. The van der Waals surface area contributed by atoms with Gasteiger partial charge in [-0.1, -0.05) is 29.3 Å². The average Bonchev–Trinajstić information content (AvgIpc) is 3.06. The summed E-state index contributed by atoms with van der Waals surface area (Å²) in [5.41, 5.74) is 10.4. The van der Waals surface area contributed by atoms with E-state index in [1.807, 2.05) is 22.9 Å². The van der Waals surface area contributed by atoms with Crippen molar-refractivity contribution < 1.29 is 4.79 Å². The van der Waals surface area contributed by atoms with Crippen molar-refractivity contribution in [2.24, 2.45) is 0 Å². The monoisotopic (exact) mass is 336 g/mol. The molecule has 0 saturated heterocycles. The molecular formula is C15H14Cl2N4O. The smallest absolute Gasteiger partial charge is 0.239 e. The minimum absolute atomic E-state index is 0.00473. The van der Waals surface area contributed by atoms with E-state index >= 15 is 0 Å². The van der Waals surface area contributed by atoms with E-state index in [2.05, 4.69) is 16.2 Å². The number of fused-ring (bicyclic) bond motifs is 3. The molecule has 1 amide bonds. The largest absolute Gasteiger partial charge is 0.354 e. The molecule has 2 aliphatic heterocycles. The van der Waals surface area contributed by atoms with Crippen molar-refractivity contribution in [3.8, 4) is 0 Å². The molecule has 0 saturated carbocycles. The number of aromatic nitrogens is 1. The molecule has 1 aromatic heterocycles. The highest BCUT2D eigenvalue weighted by Gasteiger charge is 2.26. The van der Waals surface area contributed by atoms with Gasteiger partial charge in [0.15, 0.2) is 0 Å². The fraction of sp³-hybridized carbons (Fsp3) is 0.267. The number of nitrogens with one attached hydrogen (secondary N) is 3. The SMILES string of the molecule is O=C1Cn2c(c(C3=CNNC3)c3ccc(Cl)c(Cl)c32)CCN1. The molecule has 0 spiro atoms. The Labute approximate surface area is 137 Å². The molecule has 2 aromatic rings. The Morgan fingerprint density at radius 1 is 1.23 bits per heavy atom. The zero-order valence-electron chi connectivity index (χ0n) is 11.7. The van der Waals surface area contributed by atoms with Crippen LogP contribution >= 0.6 is 23.2 Å². The third-order valence-electron chi connectivity index (χ3n) is 4.16. The van der Waals surface area contributed by atoms with E-state index in [1.54, 1.807) is 0 Å². The summed E-state index contributed by atoms with van der Waals surface area (Å²) in [6.07, 6.45) is 2.72. The van der Waals surface area contributed by atoms with Crippen LogP contribution in [0.1, 0.15) is 11.3 Å². The van der Waals surface area contributed by atoms with Gasteiger partial charge in [-0.3, -0.25) is 4.79 Å². The quantitative estimate of drug-likeness (QED) is 0.747. The number of halogens is 2. The summed E-state index contributed by atoms with van der Waals surface area (Å²) in [7, 11) is 0. The Hall–Kier alpha value is -1.69. The number of nitrogens with zero attached hydrogens (tertiary/aromatic N) is 1. The van der Waals surface area contributed by atoms with Crippen molar-refractivity contribution in [3.63, 3.8) is 0 Å². The van der Waals surface area contributed by atoms with Crippen molar-refractivity contribution in [3.05, 3.63) is 39.6 Å². The van der Waals surface area contributed by atoms with Crippen LogP contribution in [0.15, 0.2) is 18.3 Å². The molecule has 0 unspecified atom stereocenters. The molecule has 4 rings (SSSR count). The molecule has 7 heteroatoms. The second-order valence-electron chi connectivity index (χ2n) is 5.43. The van der Waals surface area contributed by atoms with E-state index in [0.29, 0.717) is 16.6 Å². The molecule has 3 N–H and O–H groups in total. The summed E-state index contributed by atoms with van der Waals surface area (Å²) in [4.78, 5) is 12.0. The Kier molecular flexibility index (Phi) is 3.29. The highest BCUT2D eigenvalue weighted by molar-refractivity contribution is 6.45. The molecule has 1 aromatic carbocycles. The second kappa shape index (κ2) is 5.19. The maximum atomic E-state index is 12.0. The second-order valence-corrected chi connectivity index (χ2v) is 6.22. The average molecular weight is 337 g/mol. The van der Waals surface area contributed by atoms with Gasteiger partial charge in [0.25, 0.3) is 0 Å². The predicted molar refractivity (Wildman–Crippen MR) is 87.8 cm³/mol. The lowest BCUT2D eigenvalue weighted by molar-refractivity contribution is -0.121. The van der Waals surface area contributed by atoms with Crippen LogP contribution in [0.25, 0.3) is 16.5 Å². The van der Waals surface area contributed by atoms with Crippen LogP contribution in [0.4, 0.5) is 0 Å². The zero-order chi connectivity index (χ0) is 15.3. The number of carbonyl (C=O) groups is 1. The maximum absolute atomic E-state index is 12.0. The van der Waals surface area contributed by atoms with Crippen molar-refractivity contribution in [2.45, 2.75) is 13.0 Å². The van der Waals surface area contributed by atoms with Gasteiger partial charge >= 0.3 is 0 Å². The Morgan fingerprint density at radius 2 is 2.09 bits per heavy atom. The molecule has 2 aliphatic rings. The molecule has 0 aliphatic carbocycles. The third-order valence-corrected chi connectivity index (χ3v) is 4.95. The number of hydrazine groups is 1. The van der Waals surface area contributed by atoms with Crippen LogP contribution in [0, 0.1) is 0 Å². The van der Waals surface area contributed by atoms with Crippen LogP contribution in [0.5, 0.6) is 0 Å². The number of amides is 1. The van der Waals surface area contributed by atoms with Crippen LogP contribution in [-0.4, -0.2) is 23.6 Å². The standard InChI is InChI=1S/C15H14Cl2N4O/c16-10-2-1-9-13(8-5-19-20-6-8)11-3-4-18-12(22)7-21(11)15(9)14(10)17/h1-2,5,19-20H,3-4,6-7H2,(H,18,22). The summed E-state index contributed by atoms with van der Waals surface area (Å²) in [5, 5.41) is 4.95. The molecule has 3 heterocycles. The van der Waals surface area contributed by atoms with E-state index in [1.165, 1.54) is 0 Å².